The van der Waals surface area contributed by atoms with Gasteiger partial charge < -0.3 is 14.2 Å². The van der Waals surface area contributed by atoms with Gasteiger partial charge in [0.1, 0.15) is 0 Å². The van der Waals surface area contributed by atoms with E-state index >= 15 is 0 Å². The van der Waals surface area contributed by atoms with Gasteiger partial charge in [0.25, 0.3) is 0 Å². The number of ether oxygens (including phenoxy) is 3. The van der Waals surface area contributed by atoms with Crippen LogP contribution in [-0.4, -0.2) is 38.5 Å². The Morgan fingerprint density at radius 3 is 2.47 bits per heavy atom. The fourth-order valence-corrected chi connectivity index (χ4v) is 1.33. The third-order valence-corrected chi connectivity index (χ3v) is 2.15. The van der Waals surface area contributed by atoms with E-state index < -0.39 is 0 Å². The van der Waals surface area contributed by atoms with Crippen molar-refractivity contribution in [1.29, 1.82) is 0 Å². The van der Waals surface area contributed by atoms with Gasteiger partial charge in [0.05, 0.1) is 25.9 Å². The van der Waals surface area contributed by atoms with Crippen LogP contribution in [0.2, 0.25) is 0 Å². The first-order chi connectivity index (χ1) is 8.16. The molecule has 0 saturated heterocycles. The summed E-state index contributed by atoms with van der Waals surface area (Å²) >= 11 is 0. The molecule has 4 nitrogen and oxygen atoms in total. The molecule has 4 heteroatoms. The highest BCUT2D eigenvalue weighted by Crippen LogP contribution is 2.01. The van der Waals surface area contributed by atoms with Gasteiger partial charge in [-0.25, -0.2) is 0 Å². The maximum absolute atomic E-state index is 11.0. The van der Waals surface area contributed by atoms with E-state index in [1.54, 1.807) is 0 Å². The molecule has 0 aliphatic heterocycles. The molecule has 0 spiro atoms. The van der Waals surface area contributed by atoms with Crippen LogP contribution in [0.15, 0.2) is 0 Å². The van der Waals surface area contributed by atoms with E-state index in [4.69, 9.17) is 14.2 Å². The molecule has 0 heterocycles. The van der Waals surface area contributed by atoms with Gasteiger partial charge in [-0.3, -0.25) is 4.79 Å². The Kier molecular flexibility index (Phi) is 11.4. The lowest BCUT2D eigenvalue weighted by atomic mass is 10.2. The summed E-state index contributed by atoms with van der Waals surface area (Å²) in [6.45, 7) is 8.36. The predicted molar refractivity (Wildman–Crippen MR) is 67.0 cm³/mol. The molecule has 0 bridgehead atoms. The normalized spacial score (nSPS) is 10.8. The Bertz CT molecular complexity index is 180. The number of carbonyl (C=O) groups excluding carboxylic acids is 1. The van der Waals surface area contributed by atoms with Gasteiger partial charge >= 0.3 is 5.97 Å². The van der Waals surface area contributed by atoms with Gasteiger partial charge in [0.2, 0.25) is 0 Å². The van der Waals surface area contributed by atoms with Crippen LogP contribution in [0.25, 0.3) is 0 Å². The predicted octanol–water partition coefficient (Wildman–Crippen LogP) is 2.55. The van der Waals surface area contributed by atoms with Crippen molar-refractivity contribution >= 4 is 5.97 Å². The Morgan fingerprint density at radius 1 is 1.06 bits per heavy atom. The first-order valence-corrected chi connectivity index (χ1v) is 6.51. The molecule has 0 aromatic heterocycles. The standard InChI is InChI=1S/C13H26O4/c1-4-16-13(14)8-6-5-7-9-15-10-11-17-12(2)3/h12H,4-11H2,1-3H3. The molecule has 102 valence electrons. The van der Waals surface area contributed by atoms with Crippen molar-refractivity contribution < 1.29 is 19.0 Å². The third-order valence-electron chi connectivity index (χ3n) is 2.15. The summed E-state index contributed by atoms with van der Waals surface area (Å²) in [7, 11) is 0. The summed E-state index contributed by atoms with van der Waals surface area (Å²) < 4.78 is 15.6. The molecule has 17 heavy (non-hydrogen) atoms. The molecule has 0 N–H and O–H groups in total. The lowest BCUT2D eigenvalue weighted by Crippen LogP contribution is -2.10. The smallest absolute Gasteiger partial charge is 0.305 e. The summed E-state index contributed by atoms with van der Waals surface area (Å²) in [6.07, 6.45) is 3.66. The third kappa shape index (κ3) is 13.3. The molecule has 0 aliphatic rings. The quantitative estimate of drug-likeness (QED) is 0.415. The van der Waals surface area contributed by atoms with Crippen molar-refractivity contribution in [1.82, 2.24) is 0 Å². The first-order valence-electron chi connectivity index (χ1n) is 6.51. The van der Waals surface area contributed by atoms with Crippen LogP contribution < -0.4 is 0 Å². The lowest BCUT2D eigenvalue weighted by Gasteiger charge is -2.07. The Morgan fingerprint density at radius 2 is 1.82 bits per heavy atom. The van der Waals surface area contributed by atoms with Gasteiger partial charge in [-0.1, -0.05) is 6.42 Å². The molecule has 0 aromatic carbocycles. The van der Waals surface area contributed by atoms with E-state index in [9.17, 15) is 4.79 Å². The molecule has 0 atom stereocenters. The van der Waals surface area contributed by atoms with Crippen molar-refractivity contribution in [3.63, 3.8) is 0 Å². The highest BCUT2D eigenvalue weighted by Gasteiger charge is 2.00. The van der Waals surface area contributed by atoms with Crippen molar-refractivity contribution in [2.45, 2.75) is 52.6 Å². The minimum Gasteiger partial charge on any atom is -0.466 e. The summed E-state index contributed by atoms with van der Waals surface area (Å²) in [5, 5.41) is 0. The number of rotatable bonds is 11. The number of hydrogen-bond acceptors (Lipinski definition) is 4. The van der Waals surface area contributed by atoms with E-state index in [0.717, 1.165) is 25.9 Å². The van der Waals surface area contributed by atoms with E-state index in [-0.39, 0.29) is 12.1 Å². The second kappa shape index (κ2) is 11.9. The summed E-state index contributed by atoms with van der Waals surface area (Å²) in [4.78, 5) is 11.0. The van der Waals surface area contributed by atoms with Gasteiger partial charge in [-0.05, 0) is 33.6 Å². The molecular weight excluding hydrogens is 220 g/mol. The van der Waals surface area contributed by atoms with Gasteiger partial charge in [0.15, 0.2) is 0 Å². The van der Waals surface area contributed by atoms with Crippen LogP contribution in [0.1, 0.15) is 46.5 Å². The van der Waals surface area contributed by atoms with Crippen molar-refractivity contribution in [2.75, 3.05) is 26.4 Å². The SMILES string of the molecule is CCOC(=O)CCCCCOCCOC(C)C. The van der Waals surface area contributed by atoms with Crippen molar-refractivity contribution in [3.8, 4) is 0 Å². The highest BCUT2D eigenvalue weighted by atomic mass is 16.5. The maximum Gasteiger partial charge on any atom is 0.305 e. The first kappa shape index (κ1) is 16.4. The largest absolute Gasteiger partial charge is 0.466 e. The van der Waals surface area contributed by atoms with E-state index in [0.29, 0.717) is 26.2 Å². The molecule has 0 fully saturated rings. The van der Waals surface area contributed by atoms with Gasteiger partial charge in [-0.2, -0.15) is 0 Å². The summed E-state index contributed by atoms with van der Waals surface area (Å²) in [6, 6.07) is 0. The topological polar surface area (TPSA) is 44.8 Å². The minimum atomic E-state index is -0.0984. The average Bonchev–Trinajstić information content (AvgIpc) is 2.27. The van der Waals surface area contributed by atoms with E-state index in [1.807, 2.05) is 20.8 Å². The van der Waals surface area contributed by atoms with Crippen LogP contribution in [0.5, 0.6) is 0 Å². The van der Waals surface area contributed by atoms with Crippen LogP contribution in [0.3, 0.4) is 0 Å². The molecule has 0 aromatic rings. The zero-order valence-electron chi connectivity index (χ0n) is 11.4. The molecule has 0 saturated carbocycles. The summed E-state index contributed by atoms with van der Waals surface area (Å²) in [5.74, 6) is -0.0984. The second-order valence-electron chi connectivity index (χ2n) is 4.15. The zero-order chi connectivity index (χ0) is 12.9. The number of unbranched alkanes of at least 4 members (excludes halogenated alkanes) is 2. The fraction of sp³-hybridized carbons (Fsp3) is 0.923. The molecule has 0 unspecified atom stereocenters. The van der Waals surface area contributed by atoms with Crippen LogP contribution >= 0.6 is 0 Å². The van der Waals surface area contributed by atoms with Gasteiger partial charge in [0, 0.05) is 13.0 Å². The molecule has 0 rings (SSSR count). The second-order valence-corrected chi connectivity index (χ2v) is 4.15. The zero-order valence-corrected chi connectivity index (χ0v) is 11.4. The molecule has 0 aliphatic carbocycles. The van der Waals surface area contributed by atoms with Crippen LogP contribution in [0.4, 0.5) is 0 Å². The summed E-state index contributed by atoms with van der Waals surface area (Å²) in [5.41, 5.74) is 0. The molecule has 0 amide bonds. The lowest BCUT2D eigenvalue weighted by molar-refractivity contribution is -0.143. The van der Waals surface area contributed by atoms with E-state index in [2.05, 4.69) is 0 Å². The highest BCUT2D eigenvalue weighted by molar-refractivity contribution is 5.69. The monoisotopic (exact) mass is 246 g/mol. The fourth-order valence-electron chi connectivity index (χ4n) is 1.33. The Balaban J connectivity index is 3.06. The number of carbonyl (C=O) groups is 1. The van der Waals surface area contributed by atoms with Crippen molar-refractivity contribution in [3.05, 3.63) is 0 Å². The number of hydrogen-bond donors (Lipinski definition) is 0. The maximum atomic E-state index is 11.0. The van der Waals surface area contributed by atoms with Crippen molar-refractivity contribution in [2.24, 2.45) is 0 Å². The average molecular weight is 246 g/mol. The Labute approximate surface area is 105 Å². The van der Waals surface area contributed by atoms with E-state index in [1.165, 1.54) is 0 Å². The minimum absolute atomic E-state index is 0.0984. The van der Waals surface area contributed by atoms with Crippen LogP contribution in [0, 0.1) is 0 Å². The van der Waals surface area contributed by atoms with Crippen LogP contribution in [-0.2, 0) is 19.0 Å². The number of esters is 1. The Hall–Kier alpha value is -0.610. The molecular formula is C13H26O4. The molecule has 0 radical (unpaired) electrons. The van der Waals surface area contributed by atoms with Gasteiger partial charge in [-0.15, -0.1) is 0 Å².